The van der Waals surface area contributed by atoms with Gasteiger partial charge in [-0.25, -0.2) is 4.79 Å². The second-order valence-corrected chi connectivity index (χ2v) is 11.3. The molecule has 29 heavy (non-hydrogen) atoms. The Kier molecular flexibility index (Phi) is 8.18. The number of esters is 1. The Labute approximate surface area is 179 Å². The number of ether oxygens (including phenoxy) is 2. The lowest BCUT2D eigenvalue weighted by Gasteiger charge is -2.39. The predicted molar refractivity (Wildman–Crippen MR) is 121 cm³/mol. The molecule has 0 radical (unpaired) electrons. The number of rotatable bonds is 8. The van der Waals surface area contributed by atoms with Gasteiger partial charge in [-0.1, -0.05) is 71.8 Å². The van der Waals surface area contributed by atoms with E-state index in [4.69, 9.17) is 9.47 Å². The van der Waals surface area contributed by atoms with Crippen molar-refractivity contribution in [3.8, 4) is 0 Å². The van der Waals surface area contributed by atoms with Crippen LogP contribution in [0.5, 0.6) is 0 Å². The second kappa shape index (κ2) is 9.81. The first-order valence-electron chi connectivity index (χ1n) is 11.6. The Bertz CT molecular complexity index is 600. The summed E-state index contributed by atoms with van der Waals surface area (Å²) in [6, 6.07) is 0. The summed E-state index contributed by atoms with van der Waals surface area (Å²) in [5, 5.41) is 0. The van der Waals surface area contributed by atoms with Crippen LogP contribution in [0.25, 0.3) is 0 Å². The van der Waals surface area contributed by atoms with E-state index >= 15 is 0 Å². The van der Waals surface area contributed by atoms with Gasteiger partial charge in [-0.15, -0.1) is 0 Å². The number of carbonyl (C=O) groups excluding carboxylic acids is 1. The lowest BCUT2D eigenvalue weighted by Crippen LogP contribution is -2.32. The minimum Gasteiger partial charge on any atom is -0.458 e. The molecule has 0 N–H and O–H groups in total. The number of carbonyl (C=O) groups is 1. The van der Waals surface area contributed by atoms with E-state index in [0.29, 0.717) is 11.3 Å². The van der Waals surface area contributed by atoms with Crippen LogP contribution in [-0.4, -0.2) is 24.3 Å². The molecular formula is C26H44O3. The predicted octanol–water partition coefficient (Wildman–Crippen LogP) is 7.01. The number of hydrogen-bond donors (Lipinski definition) is 0. The van der Waals surface area contributed by atoms with Gasteiger partial charge in [0.2, 0.25) is 0 Å². The molecule has 0 heterocycles. The van der Waals surface area contributed by atoms with E-state index in [-0.39, 0.29) is 29.7 Å². The molecule has 0 aliphatic heterocycles. The molecule has 0 bridgehead atoms. The van der Waals surface area contributed by atoms with E-state index in [2.05, 4.69) is 66.7 Å². The van der Waals surface area contributed by atoms with Crippen LogP contribution in [0, 0.1) is 16.7 Å². The zero-order chi connectivity index (χ0) is 21.7. The van der Waals surface area contributed by atoms with Crippen molar-refractivity contribution >= 4 is 5.97 Å². The largest absolute Gasteiger partial charge is 0.458 e. The second-order valence-electron chi connectivity index (χ2n) is 11.3. The number of allylic oxidation sites excluding steroid dienone is 2. The summed E-state index contributed by atoms with van der Waals surface area (Å²) in [7, 11) is 0. The smallest absolute Gasteiger partial charge is 0.332 e. The first-order chi connectivity index (χ1) is 13.4. The van der Waals surface area contributed by atoms with Crippen molar-refractivity contribution in [1.82, 2.24) is 0 Å². The first-order valence-corrected chi connectivity index (χ1v) is 11.6. The van der Waals surface area contributed by atoms with E-state index < -0.39 is 0 Å². The van der Waals surface area contributed by atoms with Crippen LogP contribution in [0.2, 0.25) is 0 Å². The van der Waals surface area contributed by atoms with Crippen molar-refractivity contribution in [3.05, 3.63) is 23.8 Å². The normalized spacial score (nSPS) is 23.4. The van der Waals surface area contributed by atoms with Crippen LogP contribution in [0.4, 0.5) is 0 Å². The Morgan fingerprint density at radius 1 is 1.21 bits per heavy atom. The molecule has 0 saturated heterocycles. The molecule has 2 unspecified atom stereocenters. The maximum atomic E-state index is 12.4. The summed E-state index contributed by atoms with van der Waals surface area (Å²) in [5.41, 5.74) is 1.68. The molecule has 166 valence electrons. The quantitative estimate of drug-likeness (QED) is 0.408. The van der Waals surface area contributed by atoms with E-state index in [1.807, 2.05) is 0 Å². The molecule has 2 aliphatic rings. The summed E-state index contributed by atoms with van der Waals surface area (Å²) < 4.78 is 11.8. The van der Waals surface area contributed by atoms with Crippen molar-refractivity contribution in [2.24, 2.45) is 16.7 Å². The van der Waals surface area contributed by atoms with Crippen LogP contribution >= 0.6 is 0 Å². The van der Waals surface area contributed by atoms with E-state index in [1.165, 1.54) is 18.4 Å². The monoisotopic (exact) mass is 404 g/mol. The van der Waals surface area contributed by atoms with Gasteiger partial charge in [0, 0.05) is 0 Å². The molecule has 2 atom stereocenters. The van der Waals surface area contributed by atoms with E-state index in [0.717, 1.165) is 38.5 Å². The van der Waals surface area contributed by atoms with Gasteiger partial charge in [-0.05, 0) is 68.6 Å². The lowest BCUT2D eigenvalue weighted by atomic mass is 9.66. The van der Waals surface area contributed by atoms with E-state index in [1.54, 1.807) is 0 Å². The molecule has 0 amide bonds. The zero-order valence-corrected chi connectivity index (χ0v) is 20.0. The Morgan fingerprint density at radius 2 is 1.86 bits per heavy atom. The molecular weight excluding hydrogens is 360 g/mol. The van der Waals surface area contributed by atoms with Gasteiger partial charge in [-0.3, -0.25) is 0 Å². The molecule has 0 aromatic rings. The molecule has 0 aromatic heterocycles. The minimum atomic E-state index is -0.280. The highest BCUT2D eigenvalue weighted by atomic mass is 16.6. The van der Waals surface area contributed by atoms with Gasteiger partial charge < -0.3 is 9.47 Å². The van der Waals surface area contributed by atoms with Gasteiger partial charge in [0.25, 0.3) is 0 Å². The van der Waals surface area contributed by atoms with Crippen molar-refractivity contribution in [1.29, 1.82) is 0 Å². The first kappa shape index (κ1) is 24.2. The fraction of sp³-hybridized carbons (Fsp3) is 0.808. The standard InChI is InChI=1S/C26H44O3/c1-8-25(5,6)18-22(24(2,3)4)20-13-9-10-14-21(17-20)28-19-23(27)29-26(7)15-11-12-16-26/h9-10,13,21-22H,8,11-12,14-19H2,1-7H3. The third kappa shape index (κ3) is 7.59. The highest BCUT2D eigenvalue weighted by Crippen LogP contribution is 2.44. The Morgan fingerprint density at radius 3 is 2.45 bits per heavy atom. The summed E-state index contributed by atoms with van der Waals surface area (Å²) in [6.07, 6.45) is 15.0. The highest BCUT2D eigenvalue weighted by molar-refractivity contribution is 5.71. The fourth-order valence-electron chi connectivity index (χ4n) is 4.63. The van der Waals surface area contributed by atoms with Crippen LogP contribution in [-0.2, 0) is 14.3 Å². The van der Waals surface area contributed by atoms with Gasteiger partial charge in [0.1, 0.15) is 12.2 Å². The van der Waals surface area contributed by atoms with Crippen LogP contribution in [0.1, 0.15) is 99.8 Å². The molecule has 2 aliphatic carbocycles. The Balaban J connectivity index is 1.99. The molecule has 3 nitrogen and oxygen atoms in total. The van der Waals surface area contributed by atoms with Gasteiger partial charge in [-0.2, -0.15) is 0 Å². The zero-order valence-electron chi connectivity index (χ0n) is 20.0. The van der Waals surface area contributed by atoms with Gasteiger partial charge >= 0.3 is 5.97 Å². The van der Waals surface area contributed by atoms with E-state index in [9.17, 15) is 4.79 Å². The number of hydrogen-bond acceptors (Lipinski definition) is 3. The average Bonchev–Trinajstić information content (AvgIpc) is 2.90. The van der Waals surface area contributed by atoms with Crippen LogP contribution in [0.15, 0.2) is 23.8 Å². The summed E-state index contributed by atoms with van der Waals surface area (Å²) >= 11 is 0. The maximum Gasteiger partial charge on any atom is 0.332 e. The topological polar surface area (TPSA) is 35.5 Å². The van der Waals surface area contributed by atoms with Crippen molar-refractivity contribution in [3.63, 3.8) is 0 Å². The third-order valence-corrected chi connectivity index (χ3v) is 6.97. The molecule has 2 rings (SSSR count). The average molecular weight is 405 g/mol. The molecule has 0 aromatic carbocycles. The molecule has 1 saturated carbocycles. The summed E-state index contributed by atoms with van der Waals surface area (Å²) in [5.74, 6) is 0.281. The van der Waals surface area contributed by atoms with Crippen LogP contribution in [0.3, 0.4) is 0 Å². The third-order valence-electron chi connectivity index (χ3n) is 6.97. The summed E-state index contributed by atoms with van der Waals surface area (Å²) in [6.45, 7) is 16.2. The van der Waals surface area contributed by atoms with Gasteiger partial charge in [0.15, 0.2) is 0 Å². The van der Waals surface area contributed by atoms with Crippen molar-refractivity contribution in [2.75, 3.05) is 6.61 Å². The van der Waals surface area contributed by atoms with Crippen molar-refractivity contribution < 1.29 is 14.3 Å². The van der Waals surface area contributed by atoms with Crippen molar-refractivity contribution in [2.45, 2.75) is 112 Å². The highest BCUT2D eigenvalue weighted by Gasteiger charge is 2.35. The summed E-state index contributed by atoms with van der Waals surface area (Å²) in [4.78, 5) is 12.4. The molecule has 0 spiro atoms. The Hall–Kier alpha value is -1.09. The van der Waals surface area contributed by atoms with Gasteiger partial charge in [0.05, 0.1) is 6.10 Å². The SMILES string of the molecule is CCC(C)(C)CC(C1=CC=CCC(OCC(=O)OC2(C)CCCC2)C1)C(C)(C)C. The van der Waals surface area contributed by atoms with Crippen LogP contribution < -0.4 is 0 Å². The lowest BCUT2D eigenvalue weighted by molar-refractivity contribution is -0.164. The molecule has 1 fully saturated rings. The fourth-order valence-corrected chi connectivity index (χ4v) is 4.63. The molecule has 3 heteroatoms. The minimum absolute atomic E-state index is 0.0403. The maximum absolute atomic E-state index is 12.4.